The second kappa shape index (κ2) is 7.38. The topological polar surface area (TPSA) is 36.8 Å². The Kier molecular flexibility index (Phi) is 5.18. The average molecular weight is 252 g/mol. The summed E-state index contributed by atoms with van der Waals surface area (Å²) in [6.07, 6.45) is -0.431. The summed E-state index contributed by atoms with van der Waals surface area (Å²) in [5, 5.41) is 12.0. The summed E-state index contributed by atoms with van der Waals surface area (Å²) in [6.45, 7) is 1.33. The van der Waals surface area contributed by atoms with Gasteiger partial charge in [0.2, 0.25) is 0 Å². The molecule has 0 radical (unpaired) electrons. The Hall–Kier alpha value is -2.08. The van der Waals surface area contributed by atoms with E-state index in [1.807, 2.05) is 66.0 Å². The van der Waals surface area contributed by atoms with Crippen molar-refractivity contribution in [2.24, 2.45) is 0 Å². The van der Waals surface area contributed by atoms with Crippen molar-refractivity contribution in [1.29, 1.82) is 0 Å². The van der Waals surface area contributed by atoms with Crippen LogP contribution in [-0.4, -0.2) is 18.2 Å². The van der Waals surface area contributed by atoms with Gasteiger partial charge < -0.3 is 10.4 Å². The zero-order chi connectivity index (χ0) is 13.3. The van der Waals surface area contributed by atoms with Crippen molar-refractivity contribution in [2.45, 2.75) is 6.10 Å². The lowest BCUT2D eigenvalue weighted by Gasteiger charge is -2.07. The lowest BCUT2D eigenvalue weighted by atomic mass is 10.1. The first-order valence-electron chi connectivity index (χ1n) is 6.45. The molecule has 19 heavy (non-hydrogen) atoms. The predicted octanol–water partition coefficient (Wildman–Crippen LogP) is 1.34. The second-order valence-corrected chi connectivity index (χ2v) is 4.32. The largest absolute Gasteiger partial charge is 0.382 e. The van der Waals surface area contributed by atoms with Crippen molar-refractivity contribution in [3.8, 4) is 11.8 Å². The van der Waals surface area contributed by atoms with E-state index in [4.69, 9.17) is 0 Å². The molecular formula is C17H18NO+. The van der Waals surface area contributed by atoms with Crippen molar-refractivity contribution in [3.63, 3.8) is 0 Å². The van der Waals surface area contributed by atoms with Crippen LogP contribution in [0.3, 0.4) is 0 Å². The van der Waals surface area contributed by atoms with Crippen LogP contribution < -0.4 is 5.32 Å². The fraction of sp³-hybridized carbons (Fsp3) is 0.176. The summed E-state index contributed by atoms with van der Waals surface area (Å²) in [5.41, 5.74) is 1.98. The van der Waals surface area contributed by atoms with E-state index in [2.05, 4.69) is 11.8 Å². The Morgan fingerprint density at radius 1 is 0.947 bits per heavy atom. The molecule has 0 heterocycles. The Morgan fingerprint density at radius 3 is 2.26 bits per heavy atom. The minimum absolute atomic E-state index is 0.431. The molecule has 0 fully saturated rings. The van der Waals surface area contributed by atoms with Gasteiger partial charge in [-0.2, -0.15) is 0 Å². The van der Waals surface area contributed by atoms with E-state index >= 15 is 0 Å². The van der Waals surface area contributed by atoms with Gasteiger partial charge in [0, 0.05) is 5.56 Å². The van der Waals surface area contributed by atoms with Gasteiger partial charge in [-0.3, -0.25) is 0 Å². The molecule has 2 rings (SSSR count). The Morgan fingerprint density at radius 2 is 1.58 bits per heavy atom. The summed E-state index contributed by atoms with van der Waals surface area (Å²) in [6, 6.07) is 19.6. The van der Waals surface area contributed by atoms with Crippen LogP contribution >= 0.6 is 0 Å². The number of quaternary nitrogens is 1. The van der Waals surface area contributed by atoms with Crippen molar-refractivity contribution < 1.29 is 10.4 Å². The van der Waals surface area contributed by atoms with E-state index in [1.54, 1.807) is 0 Å². The van der Waals surface area contributed by atoms with Crippen LogP contribution in [0, 0.1) is 11.8 Å². The number of rotatable bonds is 4. The third kappa shape index (κ3) is 4.59. The molecule has 0 spiro atoms. The normalized spacial score (nSPS) is 11.4. The molecule has 0 bridgehead atoms. The maximum absolute atomic E-state index is 9.96. The van der Waals surface area contributed by atoms with Crippen LogP contribution in [0.4, 0.5) is 0 Å². The number of hydrogen-bond donors (Lipinski definition) is 2. The summed E-state index contributed by atoms with van der Waals surface area (Å²) in [4.78, 5) is 0. The van der Waals surface area contributed by atoms with Crippen LogP contribution in [0.2, 0.25) is 0 Å². The van der Waals surface area contributed by atoms with Crippen LogP contribution in [0.15, 0.2) is 60.7 Å². The SMILES string of the molecule is O[C@H](C[NH2+]CC#Cc1ccccc1)c1ccccc1. The number of nitrogens with two attached hydrogens (primary N) is 1. The fourth-order valence-corrected chi connectivity index (χ4v) is 1.80. The monoisotopic (exact) mass is 252 g/mol. The number of hydrogen-bond acceptors (Lipinski definition) is 1. The molecule has 3 N–H and O–H groups in total. The van der Waals surface area contributed by atoms with Gasteiger partial charge in [0.05, 0.1) is 0 Å². The summed E-state index contributed by atoms with van der Waals surface area (Å²) >= 11 is 0. The third-order valence-corrected chi connectivity index (χ3v) is 2.83. The lowest BCUT2D eigenvalue weighted by molar-refractivity contribution is -0.651. The number of benzene rings is 2. The average Bonchev–Trinajstić information content (AvgIpc) is 2.49. The molecule has 2 nitrogen and oxygen atoms in total. The molecule has 0 saturated heterocycles. The summed E-state index contributed by atoms with van der Waals surface area (Å²) < 4.78 is 0. The van der Waals surface area contributed by atoms with E-state index in [0.717, 1.165) is 11.1 Å². The maximum Gasteiger partial charge on any atom is 0.138 e. The highest BCUT2D eigenvalue weighted by Gasteiger charge is 2.07. The van der Waals surface area contributed by atoms with Gasteiger partial charge in [0.15, 0.2) is 0 Å². The zero-order valence-electron chi connectivity index (χ0n) is 10.8. The van der Waals surface area contributed by atoms with Gasteiger partial charge >= 0.3 is 0 Å². The van der Waals surface area contributed by atoms with Crippen molar-refractivity contribution in [2.75, 3.05) is 13.1 Å². The van der Waals surface area contributed by atoms with Crippen molar-refractivity contribution >= 4 is 0 Å². The molecule has 0 amide bonds. The second-order valence-electron chi connectivity index (χ2n) is 4.32. The molecule has 2 heteroatoms. The van der Waals surface area contributed by atoms with Gasteiger partial charge in [0.25, 0.3) is 0 Å². The van der Waals surface area contributed by atoms with E-state index < -0.39 is 6.10 Å². The highest BCUT2D eigenvalue weighted by atomic mass is 16.3. The van der Waals surface area contributed by atoms with Gasteiger partial charge in [-0.25, -0.2) is 0 Å². The lowest BCUT2D eigenvalue weighted by Crippen LogP contribution is -2.85. The number of aliphatic hydroxyl groups excluding tert-OH is 1. The zero-order valence-corrected chi connectivity index (χ0v) is 10.8. The molecule has 0 aliphatic heterocycles. The number of aliphatic hydroxyl groups is 1. The van der Waals surface area contributed by atoms with E-state index in [0.29, 0.717) is 13.1 Å². The first-order chi connectivity index (χ1) is 9.36. The summed E-state index contributed by atoms with van der Waals surface area (Å²) in [5.74, 6) is 6.19. The predicted molar refractivity (Wildman–Crippen MR) is 76.4 cm³/mol. The highest BCUT2D eigenvalue weighted by Crippen LogP contribution is 2.08. The Labute approximate surface area is 114 Å². The van der Waals surface area contributed by atoms with E-state index in [-0.39, 0.29) is 0 Å². The minimum Gasteiger partial charge on any atom is -0.382 e. The molecule has 1 atom stereocenters. The molecule has 0 aliphatic rings. The van der Waals surface area contributed by atoms with Crippen LogP contribution in [0.1, 0.15) is 17.2 Å². The molecule has 96 valence electrons. The Bertz CT molecular complexity index is 540. The van der Waals surface area contributed by atoms with Gasteiger partial charge in [-0.1, -0.05) is 54.5 Å². The maximum atomic E-state index is 9.96. The first kappa shape index (κ1) is 13.4. The molecule has 2 aromatic rings. The molecule has 0 unspecified atom stereocenters. The molecular weight excluding hydrogens is 234 g/mol. The van der Waals surface area contributed by atoms with Gasteiger partial charge in [-0.05, 0) is 23.6 Å². The summed E-state index contributed by atoms with van der Waals surface area (Å²) in [7, 11) is 0. The fourth-order valence-electron chi connectivity index (χ4n) is 1.80. The van der Waals surface area contributed by atoms with E-state index in [9.17, 15) is 5.11 Å². The quantitative estimate of drug-likeness (QED) is 0.625. The molecule has 0 aromatic heterocycles. The highest BCUT2D eigenvalue weighted by molar-refractivity contribution is 5.33. The first-order valence-corrected chi connectivity index (χ1v) is 6.45. The standard InChI is InChI=1S/C17H17NO/c19-17(16-11-5-2-6-12-16)14-18-13-7-10-15-8-3-1-4-9-15/h1-6,8-9,11-12,17-19H,13-14H2/p+1/t17-/m1/s1. The van der Waals surface area contributed by atoms with Gasteiger partial charge in [0.1, 0.15) is 19.2 Å². The van der Waals surface area contributed by atoms with Crippen molar-refractivity contribution in [1.82, 2.24) is 0 Å². The smallest absolute Gasteiger partial charge is 0.138 e. The van der Waals surface area contributed by atoms with Crippen LogP contribution in [0.25, 0.3) is 0 Å². The molecule has 0 aliphatic carbocycles. The van der Waals surface area contributed by atoms with Crippen LogP contribution in [-0.2, 0) is 0 Å². The Balaban J connectivity index is 1.74. The third-order valence-electron chi connectivity index (χ3n) is 2.83. The van der Waals surface area contributed by atoms with Gasteiger partial charge in [-0.15, -0.1) is 0 Å². The van der Waals surface area contributed by atoms with E-state index in [1.165, 1.54) is 0 Å². The van der Waals surface area contributed by atoms with Crippen LogP contribution in [0.5, 0.6) is 0 Å². The molecule has 0 saturated carbocycles. The molecule has 2 aromatic carbocycles. The van der Waals surface area contributed by atoms with Crippen molar-refractivity contribution in [3.05, 3.63) is 71.8 Å². The minimum atomic E-state index is -0.431.